The molecule has 0 fully saturated rings. The average Bonchev–Trinajstić information content (AvgIpc) is 2.68. The van der Waals surface area contributed by atoms with Gasteiger partial charge < -0.3 is 0 Å². The fraction of sp³-hybridized carbons (Fsp3) is 0.360. The van der Waals surface area contributed by atoms with E-state index < -0.39 is 0 Å². The Labute approximate surface area is 187 Å². The lowest BCUT2D eigenvalue weighted by molar-refractivity contribution is -0.121. The number of anilines is 1. The molecule has 0 saturated carbocycles. The number of nitrogens with zero attached hydrogens (tertiary/aromatic N) is 1. The van der Waals surface area contributed by atoms with E-state index in [0.717, 1.165) is 23.3 Å². The Morgan fingerprint density at radius 2 is 1.70 bits per heavy atom. The molecule has 3 nitrogen and oxygen atoms in total. The first-order chi connectivity index (χ1) is 14.2. The molecule has 2 aromatic rings. The van der Waals surface area contributed by atoms with E-state index in [1.165, 1.54) is 5.56 Å². The molecular weight excluding hydrogens is 417 g/mol. The van der Waals surface area contributed by atoms with Crippen molar-refractivity contribution in [1.82, 2.24) is 0 Å². The Balaban J connectivity index is 1.87. The van der Waals surface area contributed by atoms with E-state index in [-0.39, 0.29) is 29.4 Å². The predicted molar refractivity (Wildman–Crippen MR) is 122 cm³/mol. The lowest BCUT2D eigenvalue weighted by atomic mass is 9.69. The molecule has 0 spiro atoms. The highest BCUT2D eigenvalue weighted by Gasteiger charge is 2.44. The second kappa shape index (κ2) is 7.86. The number of benzene rings is 2. The molecular formula is C25H25Cl2NO2. The van der Waals surface area contributed by atoms with Gasteiger partial charge in [-0.3, -0.25) is 14.5 Å². The minimum atomic E-state index is -0.210. The molecule has 4 rings (SSSR count). The molecule has 1 aliphatic carbocycles. The molecule has 2 aliphatic rings. The fourth-order valence-corrected chi connectivity index (χ4v) is 4.90. The average molecular weight is 442 g/mol. The van der Waals surface area contributed by atoms with Crippen molar-refractivity contribution in [2.75, 3.05) is 4.90 Å². The van der Waals surface area contributed by atoms with Crippen LogP contribution in [0.25, 0.3) is 0 Å². The molecule has 156 valence electrons. The third kappa shape index (κ3) is 3.81. The van der Waals surface area contributed by atoms with Gasteiger partial charge in [0.05, 0.1) is 15.7 Å². The monoisotopic (exact) mass is 441 g/mol. The van der Waals surface area contributed by atoms with E-state index >= 15 is 0 Å². The van der Waals surface area contributed by atoms with Gasteiger partial charge >= 0.3 is 0 Å². The summed E-state index contributed by atoms with van der Waals surface area (Å²) >= 11 is 12.3. The number of amides is 1. The van der Waals surface area contributed by atoms with Crippen molar-refractivity contribution in [1.29, 1.82) is 0 Å². The van der Waals surface area contributed by atoms with E-state index in [1.807, 2.05) is 0 Å². The van der Waals surface area contributed by atoms with Crippen LogP contribution in [-0.4, -0.2) is 11.7 Å². The molecule has 0 radical (unpaired) electrons. The fourth-order valence-electron chi connectivity index (χ4n) is 4.61. The van der Waals surface area contributed by atoms with Crippen LogP contribution in [-0.2, 0) is 16.0 Å². The van der Waals surface area contributed by atoms with Gasteiger partial charge in [0, 0.05) is 30.0 Å². The number of halogens is 2. The van der Waals surface area contributed by atoms with Crippen molar-refractivity contribution in [2.45, 2.75) is 52.4 Å². The molecule has 1 amide bonds. The molecule has 0 aromatic heterocycles. The van der Waals surface area contributed by atoms with E-state index in [1.54, 1.807) is 23.1 Å². The van der Waals surface area contributed by atoms with Gasteiger partial charge in [-0.1, -0.05) is 68.2 Å². The standard InChI is InChI=1S/C25H25Cl2NO2/c1-4-15-5-7-16(8-6-15)18-12-23(30)28(17-9-10-19(26)20(27)11-17)21-13-25(2,3)14-22(29)24(18)21/h5-11,18H,4,12-14H2,1-3H3. The van der Waals surface area contributed by atoms with Crippen LogP contribution in [0.1, 0.15) is 57.1 Å². The van der Waals surface area contributed by atoms with Crippen LogP contribution in [0.4, 0.5) is 5.69 Å². The molecule has 1 aliphatic heterocycles. The molecule has 1 unspecified atom stereocenters. The first kappa shape index (κ1) is 21.1. The summed E-state index contributed by atoms with van der Waals surface area (Å²) in [6.07, 6.45) is 2.36. The highest BCUT2D eigenvalue weighted by atomic mass is 35.5. The molecule has 0 saturated heterocycles. The second-order valence-electron chi connectivity index (χ2n) is 8.98. The predicted octanol–water partition coefficient (Wildman–Crippen LogP) is 6.72. The van der Waals surface area contributed by atoms with Crippen LogP contribution in [0.2, 0.25) is 10.0 Å². The summed E-state index contributed by atoms with van der Waals surface area (Å²) in [7, 11) is 0. The van der Waals surface area contributed by atoms with Gasteiger partial charge in [-0.2, -0.15) is 0 Å². The SMILES string of the molecule is CCc1ccc(C2CC(=O)N(c3ccc(Cl)c(Cl)c3)C3=C2C(=O)CC(C)(C)C3)cc1. The number of hydrogen-bond acceptors (Lipinski definition) is 2. The van der Waals surface area contributed by atoms with Gasteiger partial charge in [-0.25, -0.2) is 0 Å². The van der Waals surface area contributed by atoms with Crippen molar-refractivity contribution >= 4 is 40.6 Å². The van der Waals surface area contributed by atoms with Gasteiger partial charge in [-0.15, -0.1) is 0 Å². The molecule has 0 bridgehead atoms. The van der Waals surface area contributed by atoms with E-state index in [0.29, 0.717) is 28.6 Å². The smallest absolute Gasteiger partial charge is 0.232 e. The Bertz CT molecular complexity index is 1050. The molecule has 1 heterocycles. The van der Waals surface area contributed by atoms with E-state index in [9.17, 15) is 9.59 Å². The molecule has 0 N–H and O–H groups in total. The van der Waals surface area contributed by atoms with Crippen LogP contribution in [0.3, 0.4) is 0 Å². The van der Waals surface area contributed by atoms with Crippen LogP contribution in [0, 0.1) is 5.41 Å². The topological polar surface area (TPSA) is 37.4 Å². The zero-order chi connectivity index (χ0) is 21.6. The van der Waals surface area contributed by atoms with Crippen molar-refractivity contribution in [3.8, 4) is 0 Å². The summed E-state index contributed by atoms with van der Waals surface area (Å²) in [5.41, 5.74) is 4.28. The number of carbonyl (C=O) groups excluding carboxylic acids is 2. The molecule has 1 atom stereocenters. The van der Waals surface area contributed by atoms with Crippen molar-refractivity contribution < 1.29 is 9.59 Å². The van der Waals surface area contributed by atoms with Crippen LogP contribution in [0.15, 0.2) is 53.7 Å². The van der Waals surface area contributed by atoms with Crippen molar-refractivity contribution in [2.24, 2.45) is 5.41 Å². The van der Waals surface area contributed by atoms with E-state index in [4.69, 9.17) is 23.2 Å². The normalized spacial score (nSPS) is 21.1. The van der Waals surface area contributed by atoms with Crippen molar-refractivity contribution in [3.05, 3.63) is 74.9 Å². The maximum Gasteiger partial charge on any atom is 0.232 e. The third-order valence-electron chi connectivity index (χ3n) is 6.09. The summed E-state index contributed by atoms with van der Waals surface area (Å²) < 4.78 is 0. The summed E-state index contributed by atoms with van der Waals surface area (Å²) in [6, 6.07) is 13.5. The summed E-state index contributed by atoms with van der Waals surface area (Å²) in [5, 5.41) is 0.829. The third-order valence-corrected chi connectivity index (χ3v) is 6.83. The van der Waals surface area contributed by atoms with Gasteiger partial charge in [-0.05, 0) is 47.6 Å². The van der Waals surface area contributed by atoms with Crippen LogP contribution in [0.5, 0.6) is 0 Å². The Kier molecular flexibility index (Phi) is 5.54. The number of aryl methyl sites for hydroxylation is 1. The zero-order valence-electron chi connectivity index (χ0n) is 17.5. The second-order valence-corrected chi connectivity index (χ2v) is 9.80. The van der Waals surface area contributed by atoms with Gasteiger partial charge in [0.15, 0.2) is 5.78 Å². The number of Topliss-reactive ketones (excluding diaryl/α,β-unsaturated/α-hetero) is 1. The van der Waals surface area contributed by atoms with Gasteiger partial charge in [0.2, 0.25) is 5.91 Å². The molecule has 30 heavy (non-hydrogen) atoms. The largest absolute Gasteiger partial charge is 0.294 e. The summed E-state index contributed by atoms with van der Waals surface area (Å²) in [4.78, 5) is 28.4. The Morgan fingerprint density at radius 1 is 1.00 bits per heavy atom. The number of hydrogen-bond donors (Lipinski definition) is 0. The maximum absolute atomic E-state index is 13.4. The van der Waals surface area contributed by atoms with Crippen molar-refractivity contribution in [3.63, 3.8) is 0 Å². The minimum Gasteiger partial charge on any atom is -0.294 e. The van der Waals surface area contributed by atoms with Crippen LogP contribution < -0.4 is 4.90 Å². The number of carbonyl (C=O) groups is 2. The highest BCUT2D eigenvalue weighted by Crippen LogP contribution is 2.48. The molecule has 5 heteroatoms. The summed E-state index contributed by atoms with van der Waals surface area (Å²) in [5.74, 6) is -0.105. The molecule has 2 aromatic carbocycles. The lowest BCUT2D eigenvalue weighted by Crippen LogP contribution is -2.43. The zero-order valence-corrected chi connectivity index (χ0v) is 19.0. The van der Waals surface area contributed by atoms with E-state index in [2.05, 4.69) is 45.0 Å². The Hall–Kier alpha value is -2.10. The van der Waals surface area contributed by atoms with Crippen LogP contribution >= 0.6 is 23.2 Å². The number of allylic oxidation sites excluding steroid dienone is 2. The first-order valence-corrected chi connectivity index (χ1v) is 11.1. The number of rotatable bonds is 3. The Morgan fingerprint density at radius 3 is 2.33 bits per heavy atom. The first-order valence-electron chi connectivity index (χ1n) is 10.3. The number of ketones is 1. The maximum atomic E-state index is 13.4. The van der Waals surface area contributed by atoms with Gasteiger partial charge in [0.1, 0.15) is 0 Å². The lowest BCUT2D eigenvalue weighted by Gasteiger charge is -2.43. The van der Waals surface area contributed by atoms with Gasteiger partial charge in [0.25, 0.3) is 0 Å². The minimum absolute atomic E-state index is 0.0257. The quantitative estimate of drug-likeness (QED) is 0.529. The summed E-state index contributed by atoms with van der Waals surface area (Å²) in [6.45, 7) is 6.26. The highest BCUT2D eigenvalue weighted by molar-refractivity contribution is 6.42.